The predicted molar refractivity (Wildman–Crippen MR) is 98.1 cm³/mol. The normalized spacial score (nSPS) is 10.5. The van der Waals surface area contributed by atoms with Crippen LogP contribution in [0.1, 0.15) is 16.8 Å². The van der Waals surface area contributed by atoms with Gasteiger partial charge in [-0.3, -0.25) is 14.3 Å². The molecular formula is C16H19N3O3S2. The zero-order chi connectivity index (χ0) is 17.4. The lowest BCUT2D eigenvalue weighted by Gasteiger charge is -2.06. The van der Waals surface area contributed by atoms with Gasteiger partial charge >= 0.3 is 5.97 Å². The van der Waals surface area contributed by atoms with Gasteiger partial charge in [0.1, 0.15) is 0 Å². The van der Waals surface area contributed by atoms with Crippen molar-refractivity contribution in [2.45, 2.75) is 6.42 Å². The van der Waals surface area contributed by atoms with E-state index in [-0.39, 0.29) is 12.3 Å². The van der Waals surface area contributed by atoms with Crippen molar-refractivity contribution in [3.8, 4) is 11.1 Å². The van der Waals surface area contributed by atoms with Gasteiger partial charge in [0.25, 0.3) is 5.91 Å². The maximum absolute atomic E-state index is 12.2. The van der Waals surface area contributed by atoms with Gasteiger partial charge in [-0.25, -0.2) is 0 Å². The summed E-state index contributed by atoms with van der Waals surface area (Å²) in [5, 5.41) is 15.5. The van der Waals surface area contributed by atoms with E-state index in [0.29, 0.717) is 17.9 Å². The highest BCUT2D eigenvalue weighted by atomic mass is 33.1. The fourth-order valence-corrected chi connectivity index (χ4v) is 3.85. The van der Waals surface area contributed by atoms with Crippen molar-refractivity contribution in [3.63, 3.8) is 0 Å². The van der Waals surface area contributed by atoms with Gasteiger partial charge in [-0.15, -0.1) is 0 Å². The number of benzene rings is 1. The summed E-state index contributed by atoms with van der Waals surface area (Å²) < 4.78 is 1.72. The molecule has 2 N–H and O–H groups in total. The number of hydrogen-bond acceptors (Lipinski definition) is 5. The van der Waals surface area contributed by atoms with E-state index in [1.54, 1.807) is 27.7 Å². The number of rotatable bonds is 9. The van der Waals surface area contributed by atoms with E-state index >= 15 is 0 Å². The Morgan fingerprint density at radius 2 is 2.04 bits per heavy atom. The summed E-state index contributed by atoms with van der Waals surface area (Å²) in [4.78, 5) is 22.6. The molecule has 128 valence electrons. The molecule has 8 heteroatoms. The lowest BCUT2D eigenvalue weighted by Crippen LogP contribution is -2.25. The molecule has 1 heterocycles. The third kappa shape index (κ3) is 5.93. The number of carbonyl (C=O) groups is 2. The Hall–Kier alpha value is -1.93. The molecule has 0 spiro atoms. The molecule has 0 saturated heterocycles. The van der Waals surface area contributed by atoms with Gasteiger partial charge in [0.2, 0.25) is 0 Å². The molecule has 24 heavy (non-hydrogen) atoms. The smallest absolute Gasteiger partial charge is 0.304 e. The molecule has 0 radical (unpaired) electrons. The second-order valence-electron chi connectivity index (χ2n) is 5.03. The fourth-order valence-electron chi connectivity index (χ4n) is 1.97. The number of nitrogens with one attached hydrogen (secondary N) is 1. The molecule has 0 aliphatic carbocycles. The molecule has 0 bridgehead atoms. The first kappa shape index (κ1) is 18.4. The van der Waals surface area contributed by atoms with E-state index < -0.39 is 5.97 Å². The highest BCUT2D eigenvalue weighted by molar-refractivity contribution is 8.76. The van der Waals surface area contributed by atoms with E-state index in [2.05, 4.69) is 10.4 Å². The number of carboxylic acids is 1. The minimum absolute atomic E-state index is 0.114. The van der Waals surface area contributed by atoms with Crippen LogP contribution in [0.2, 0.25) is 0 Å². The molecule has 2 aromatic rings. The Labute approximate surface area is 148 Å². The van der Waals surface area contributed by atoms with Crippen molar-refractivity contribution in [2.75, 3.05) is 18.1 Å². The Morgan fingerprint density at radius 1 is 1.25 bits per heavy atom. The number of aliphatic carboxylic acids is 1. The van der Waals surface area contributed by atoms with Crippen molar-refractivity contribution in [1.29, 1.82) is 0 Å². The molecule has 0 saturated carbocycles. The summed E-state index contributed by atoms with van der Waals surface area (Å²) in [6.07, 6.45) is 3.83. The van der Waals surface area contributed by atoms with Gasteiger partial charge in [-0.05, 0) is 17.7 Å². The molecule has 1 amide bonds. The van der Waals surface area contributed by atoms with Crippen LogP contribution in [-0.4, -0.2) is 44.8 Å². The first-order valence-electron chi connectivity index (χ1n) is 7.40. The van der Waals surface area contributed by atoms with Crippen LogP contribution in [0.25, 0.3) is 11.1 Å². The average molecular weight is 365 g/mol. The summed E-state index contributed by atoms with van der Waals surface area (Å²) in [5.41, 5.74) is 2.53. The molecule has 2 rings (SSSR count). The van der Waals surface area contributed by atoms with Gasteiger partial charge in [-0.2, -0.15) is 5.10 Å². The van der Waals surface area contributed by atoms with Crippen molar-refractivity contribution >= 4 is 33.5 Å². The standard InChI is InChI=1S/C16H19N3O3S2/c1-19-11-14(10-18-19)12-3-2-4-13(9-12)16(22)17-6-8-24-23-7-5-15(20)21/h2-4,9-11H,5-8H2,1H3,(H,17,22)(H,20,21). The summed E-state index contributed by atoms with van der Waals surface area (Å²) in [6, 6.07) is 7.43. The average Bonchev–Trinajstić information content (AvgIpc) is 3.00. The van der Waals surface area contributed by atoms with Gasteiger partial charge in [0.05, 0.1) is 12.6 Å². The van der Waals surface area contributed by atoms with Gasteiger partial charge in [0.15, 0.2) is 0 Å². The summed E-state index contributed by atoms with van der Waals surface area (Å²) in [5.74, 6) is 0.404. The Balaban J connectivity index is 1.77. The first-order chi connectivity index (χ1) is 11.6. The van der Waals surface area contributed by atoms with Crippen molar-refractivity contribution in [1.82, 2.24) is 15.1 Å². The first-order valence-corrected chi connectivity index (χ1v) is 9.88. The number of carbonyl (C=O) groups excluding carboxylic acids is 1. The molecule has 1 aromatic carbocycles. The summed E-state index contributed by atoms with van der Waals surface area (Å²) >= 11 is 0. The van der Waals surface area contributed by atoms with E-state index in [0.717, 1.165) is 16.9 Å². The number of aryl methyl sites for hydroxylation is 1. The van der Waals surface area contributed by atoms with Crippen molar-refractivity contribution in [2.24, 2.45) is 7.05 Å². The van der Waals surface area contributed by atoms with Gasteiger partial charge in [-0.1, -0.05) is 33.7 Å². The lowest BCUT2D eigenvalue weighted by atomic mass is 10.1. The van der Waals surface area contributed by atoms with Crippen LogP contribution in [0.4, 0.5) is 0 Å². The molecule has 0 aliphatic rings. The number of aromatic nitrogens is 2. The molecule has 0 unspecified atom stereocenters. The second kappa shape index (κ2) is 9.39. The molecule has 0 aliphatic heterocycles. The minimum atomic E-state index is -0.787. The largest absolute Gasteiger partial charge is 0.481 e. The molecule has 1 aromatic heterocycles. The van der Waals surface area contributed by atoms with Crippen molar-refractivity contribution in [3.05, 3.63) is 42.2 Å². The number of amides is 1. The maximum Gasteiger partial charge on any atom is 0.304 e. The third-order valence-electron chi connectivity index (χ3n) is 3.12. The van der Waals surface area contributed by atoms with Crippen LogP contribution in [-0.2, 0) is 11.8 Å². The van der Waals surface area contributed by atoms with E-state index in [1.165, 1.54) is 10.8 Å². The van der Waals surface area contributed by atoms with Crippen LogP contribution in [0.5, 0.6) is 0 Å². The molecule has 0 fully saturated rings. The van der Waals surface area contributed by atoms with Gasteiger partial charge < -0.3 is 10.4 Å². The number of carboxylic acid groups (broad SMARTS) is 1. The zero-order valence-corrected chi connectivity index (χ0v) is 14.9. The molecule has 0 atom stereocenters. The zero-order valence-electron chi connectivity index (χ0n) is 13.3. The molecule has 6 nitrogen and oxygen atoms in total. The Kier molecular flexibility index (Phi) is 7.20. The maximum atomic E-state index is 12.2. The van der Waals surface area contributed by atoms with Crippen LogP contribution in [0.3, 0.4) is 0 Å². The van der Waals surface area contributed by atoms with Crippen LogP contribution in [0, 0.1) is 0 Å². The topological polar surface area (TPSA) is 84.2 Å². The summed E-state index contributed by atoms with van der Waals surface area (Å²) in [6.45, 7) is 0.542. The number of hydrogen-bond donors (Lipinski definition) is 2. The SMILES string of the molecule is Cn1cc(-c2cccc(C(=O)NCCSSCCC(=O)O)c2)cn1. The third-order valence-corrected chi connectivity index (χ3v) is 5.52. The summed E-state index contributed by atoms with van der Waals surface area (Å²) in [7, 11) is 4.92. The molecular weight excluding hydrogens is 346 g/mol. The second-order valence-corrected chi connectivity index (χ2v) is 7.73. The highest BCUT2D eigenvalue weighted by Gasteiger charge is 2.07. The van der Waals surface area contributed by atoms with E-state index in [9.17, 15) is 9.59 Å². The Bertz CT molecular complexity index is 703. The van der Waals surface area contributed by atoms with Crippen molar-refractivity contribution < 1.29 is 14.7 Å². The number of nitrogens with zero attached hydrogens (tertiary/aromatic N) is 2. The lowest BCUT2D eigenvalue weighted by molar-refractivity contribution is -0.136. The van der Waals surface area contributed by atoms with E-state index in [1.807, 2.05) is 31.4 Å². The van der Waals surface area contributed by atoms with Crippen LogP contribution < -0.4 is 5.32 Å². The quantitative estimate of drug-likeness (QED) is 0.525. The van der Waals surface area contributed by atoms with Crippen LogP contribution in [0.15, 0.2) is 36.7 Å². The van der Waals surface area contributed by atoms with Crippen LogP contribution >= 0.6 is 21.6 Å². The monoisotopic (exact) mass is 365 g/mol. The van der Waals surface area contributed by atoms with Gasteiger partial charge in [0, 0.05) is 42.4 Å². The highest BCUT2D eigenvalue weighted by Crippen LogP contribution is 2.21. The Morgan fingerprint density at radius 3 is 2.75 bits per heavy atom. The predicted octanol–water partition coefficient (Wildman–Crippen LogP) is 2.67. The minimum Gasteiger partial charge on any atom is -0.481 e. The fraction of sp³-hybridized carbons (Fsp3) is 0.312. The van der Waals surface area contributed by atoms with E-state index in [4.69, 9.17) is 5.11 Å².